The van der Waals surface area contributed by atoms with Crippen molar-refractivity contribution in [2.24, 2.45) is 0 Å². The molecule has 0 radical (unpaired) electrons. The van der Waals surface area contributed by atoms with Crippen molar-refractivity contribution < 1.29 is 28.5 Å². The molecule has 2 heterocycles. The highest BCUT2D eigenvalue weighted by Gasteiger charge is 2.37. The molecule has 0 saturated carbocycles. The highest BCUT2D eigenvalue weighted by molar-refractivity contribution is 6.31. The maximum atomic E-state index is 12.6. The average Bonchev–Trinajstić information content (AvgIpc) is 3.05. The summed E-state index contributed by atoms with van der Waals surface area (Å²) >= 11 is 6.27. The monoisotopic (exact) mass is 452 g/mol. The van der Waals surface area contributed by atoms with Crippen molar-refractivity contribution in [1.29, 1.82) is 0 Å². The number of fused-ring (bicyclic) bond motifs is 1. The molecule has 0 saturated heterocycles. The van der Waals surface area contributed by atoms with E-state index < -0.39 is 18.2 Å². The van der Waals surface area contributed by atoms with E-state index in [2.05, 4.69) is 10.3 Å². The molecule has 0 aliphatic carbocycles. The van der Waals surface area contributed by atoms with Gasteiger partial charge in [-0.15, -0.1) is 0 Å². The predicted molar refractivity (Wildman–Crippen MR) is 114 cm³/mol. The third-order valence-electron chi connectivity index (χ3n) is 5.14. The standard InChI is InChI=1S/C22H26ClFN2O5/c1-21(2)12-31-18-14(21)10-17(26-19(18)23)22(3,28)11-25-20(27)13-5-6-15(30-8-7-24)16(9-13)29-4/h5-6,9-10,28H,7-8,11-12H2,1-4H3,(H,25,27). The Balaban J connectivity index is 1.75. The molecule has 2 N–H and O–H groups in total. The Kier molecular flexibility index (Phi) is 6.62. The van der Waals surface area contributed by atoms with Gasteiger partial charge < -0.3 is 24.6 Å². The molecule has 9 heteroatoms. The number of rotatable bonds is 8. The van der Waals surface area contributed by atoms with E-state index in [1.807, 2.05) is 13.8 Å². The number of nitrogens with zero attached hydrogens (tertiary/aromatic N) is 1. The number of halogens is 2. The van der Waals surface area contributed by atoms with E-state index in [-0.39, 0.29) is 23.7 Å². The topological polar surface area (TPSA) is 89.9 Å². The summed E-state index contributed by atoms with van der Waals surface area (Å²) in [6.45, 7) is 5.22. The fourth-order valence-electron chi connectivity index (χ4n) is 3.27. The van der Waals surface area contributed by atoms with E-state index in [1.165, 1.54) is 25.3 Å². The molecular formula is C22H26ClFN2O5. The van der Waals surface area contributed by atoms with Gasteiger partial charge in [0.05, 0.1) is 26.0 Å². The first-order valence-electron chi connectivity index (χ1n) is 9.81. The molecule has 1 aliphatic rings. The van der Waals surface area contributed by atoms with Crippen LogP contribution in [0.5, 0.6) is 17.2 Å². The van der Waals surface area contributed by atoms with Gasteiger partial charge in [0.1, 0.15) is 18.9 Å². The molecule has 0 fully saturated rings. The Morgan fingerprint density at radius 2 is 2.13 bits per heavy atom. The average molecular weight is 453 g/mol. The summed E-state index contributed by atoms with van der Waals surface area (Å²) in [7, 11) is 1.43. The van der Waals surface area contributed by atoms with Crippen LogP contribution in [0, 0.1) is 0 Å². The second-order valence-electron chi connectivity index (χ2n) is 8.21. The van der Waals surface area contributed by atoms with Crippen LogP contribution in [0.25, 0.3) is 0 Å². The van der Waals surface area contributed by atoms with E-state index in [0.29, 0.717) is 35.1 Å². The lowest BCUT2D eigenvalue weighted by atomic mass is 9.86. The summed E-state index contributed by atoms with van der Waals surface area (Å²) in [6.07, 6.45) is 0. The molecule has 1 atom stereocenters. The number of carbonyl (C=O) groups is 1. The van der Waals surface area contributed by atoms with Gasteiger partial charge >= 0.3 is 0 Å². The number of ether oxygens (including phenoxy) is 3. The van der Waals surface area contributed by atoms with Crippen LogP contribution < -0.4 is 19.5 Å². The second-order valence-corrected chi connectivity index (χ2v) is 8.57. The fraction of sp³-hybridized carbons (Fsp3) is 0.455. The second kappa shape index (κ2) is 8.88. The Bertz CT molecular complexity index is 981. The van der Waals surface area contributed by atoms with Crippen LogP contribution in [0.2, 0.25) is 5.15 Å². The van der Waals surface area contributed by atoms with E-state index in [9.17, 15) is 14.3 Å². The minimum absolute atomic E-state index is 0.0996. The number of nitrogens with one attached hydrogen (secondary N) is 1. The minimum atomic E-state index is -1.47. The summed E-state index contributed by atoms with van der Waals surface area (Å²) in [4.78, 5) is 16.9. The number of aliphatic hydroxyl groups is 1. The molecule has 7 nitrogen and oxygen atoms in total. The predicted octanol–water partition coefficient (Wildman–Crippen LogP) is 3.40. The zero-order chi connectivity index (χ0) is 22.8. The number of alkyl halides is 1. The Labute approximate surface area is 185 Å². The Morgan fingerprint density at radius 3 is 2.81 bits per heavy atom. The molecule has 1 aromatic heterocycles. The van der Waals surface area contributed by atoms with Gasteiger partial charge in [-0.1, -0.05) is 25.4 Å². The molecular weight excluding hydrogens is 427 g/mol. The van der Waals surface area contributed by atoms with Crippen LogP contribution in [-0.2, 0) is 11.0 Å². The molecule has 2 aromatic rings. The van der Waals surface area contributed by atoms with Crippen LogP contribution >= 0.6 is 11.6 Å². The van der Waals surface area contributed by atoms with Crippen molar-refractivity contribution in [3.05, 3.63) is 46.2 Å². The normalized spacial score (nSPS) is 16.1. The molecule has 1 aliphatic heterocycles. The van der Waals surface area contributed by atoms with Crippen LogP contribution in [0.4, 0.5) is 4.39 Å². The fourth-order valence-corrected chi connectivity index (χ4v) is 3.52. The number of hydrogen-bond donors (Lipinski definition) is 2. The molecule has 3 rings (SSSR count). The van der Waals surface area contributed by atoms with Gasteiger partial charge in [-0.25, -0.2) is 9.37 Å². The quantitative estimate of drug-likeness (QED) is 0.597. The third kappa shape index (κ3) is 4.85. The summed E-state index contributed by atoms with van der Waals surface area (Å²) in [5.41, 5.74) is -0.236. The number of hydrogen-bond acceptors (Lipinski definition) is 6. The van der Waals surface area contributed by atoms with E-state index >= 15 is 0 Å². The van der Waals surface area contributed by atoms with E-state index in [4.69, 9.17) is 25.8 Å². The SMILES string of the molecule is COc1cc(C(=O)NCC(C)(O)c2cc3c(c(Cl)n2)OCC3(C)C)ccc1OCCF. The minimum Gasteiger partial charge on any atom is -0.493 e. The molecule has 1 unspecified atom stereocenters. The summed E-state index contributed by atoms with van der Waals surface area (Å²) < 4.78 is 28.4. The van der Waals surface area contributed by atoms with Gasteiger partial charge in [-0.3, -0.25) is 4.79 Å². The maximum Gasteiger partial charge on any atom is 0.251 e. The van der Waals surface area contributed by atoms with Crippen LogP contribution in [0.3, 0.4) is 0 Å². The van der Waals surface area contributed by atoms with Crippen molar-refractivity contribution in [2.45, 2.75) is 31.8 Å². The van der Waals surface area contributed by atoms with Gasteiger partial charge in [0, 0.05) is 16.5 Å². The summed E-state index contributed by atoms with van der Waals surface area (Å²) in [6, 6.07) is 6.32. The van der Waals surface area contributed by atoms with Crippen molar-refractivity contribution >= 4 is 17.5 Å². The van der Waals surface area contributed by atoms with Gasteiger partial charge in [-0.05, 0) is 31.2 Å². The van der Waals surface area contributed by atoms with E-state index in [0.717, 1.165) is 5.56 Å². The zero-order valence-corrected chi connectivity index (χ0v) is 18.7. The Morgan fingerprint density at radius 1 is 1.39 bits per heavy atom. The van der Waals surface area contributed by atoms with Gasteiger partial charge in [0.25, 0.3) is 5.91 Å². The van der Waals surface area contributed by atoms with Crippen molar-refractivity contribution in [2.75, 3.05) is 33.5 Å². The lowest BCUT2D eigenvalue weighted by Crippen LogP contribution is -2.39. The molecule has 31 heavy (non-hydrogen) atoms. The van der Waals surface area contributed by atoms with Gasteiger partial charge in [-0.2, -0.15) is 0 Å². The van der Waals surface area contributed by atoms with Gasteiger partial charge in [0.15, 0.2) is 22.4 Å². The Hall–Kier alpha value is -2.58. The molecule has 0 bridgehead atoms. The first kappa shape index (κ1) is 23.1. The van der Waals surface area contributed by atoms with Crippen LogP contribution in [-0.4, -0.2) is 49.5 Å². The highest BCUT2D eigenvalue weighted by Crippen LogP contribution is 2.43. The van der Waals surface area contributed by atoms with Crippen molar-refractivity contribution in [3.63, 3.8) is 0 Å². The molecule has 0 spiro atoms. The highest BCUT2D eigenvalue weighted by atomic mass is 35.5. The number of aromatic nitrogens is 1. The third-order valence-corrected chi connectivity index (χ3v) is 5.40. The molecule has 1 aromatic carbocycles. The lowest BCUT2D eigenvalue weighted by Gasteiger charge is -2.25. The number of amides is 1. The number of benzene rings is 1. The van der Waals surface area contributed by atoms with Crippen LogP contribution in [0.1, 0.15) is 42.4 Å². The lowest BCUT2D eigenvalue weighted by molar-refractivity contribution is 0.0488. The largest absolute Gasteiger partial charge is 0.493 e. The zero-order valence-electron chi connectivity index (χ0n) is 17.9. The number of pyridine rings is 1. The molecule has 1 amide bonds. The van der Waals surface area contributed by atoms with E-state index in [1.54, 1.807) is 13.0 Å². The van der Waals surface area contributed by atoms with Crippen molar-refractivity contribution in [3.8, 4) is 17.2 Å². The van der Waals surface area contributed by atoms with Crippen molar-refractivity contribution in [1.82, 2.24) is 10.3 Å². The summed E-state index contributed by atoms with van der Waals surface area (Å²) in [5.74, 6) is 0.747. The summed E-state index contributed by atoms with van der Waals surface area (Å²) in [5, 5.41) is 13.9. The first-order valence-corrected chi connectivity index (χ1v) is 10.2. The van der Waals surface area contributed by atoms with Gasteiger partial charge in [0.2, 0.25) is 0 Å². The maximum absolute atomic E-state index is 12.6. The number of carbonyl (C=O) groups excluding carboxylic acids is 1. The molecule has 168 valence electrons. The first-order chi connectivity index (χ1) is 14.6. The number of methoxy groups -OCH3 is 1. The van der Waals surface area contributed by atoms with Crippen LogP contribution in [0.15, 0.2) is 24.3 Å². The smallest absolute Gasteiger partial charge is 0.251 e.